The van der Waals surface area contributed by atoms with E-state index in [2.05, 4.69) is 0 Å². The third-order valence-electron chi connectivity index (χ3n) is 6.39. The van der Waals surface area contributed by atoms with Gasteiger partial charge in [0.15, 0.2) is 18.9 Å². The van der Waals surface area contributed by atoms with E-state index < -0.39 is 92.6 Å². The summed E-state index contributed by atoms with van der Waals surface area (Å²) in [6, 6.07) is 0. The lowest BCUT2D eigenvalue weighted by atomic mass is 9.96. The van der Waals surface area contributed by atoms with E-state index in [-0.39, 0.29) is 6.42 Å². The third-order valence-corrected chi connectivity index (χ3v) is 6.39. The molecule has 3 rings (SSSR count). The molecule has 0 aromatic rings. The summed E-state index contributed by atoms with van der Waals surface area (Å²) in [6.07, 6.45) is -15.0. The number of aliphatic hydroxyl groups excluding tert-OH is 6. The fourth-order valence-corrected chi connectivity index (χ4v) is 4.49. The molecule has 6 N–H and O–H groups in total. The van der Waals surface area contributed by atoms with Gasteiger partial charge in [0.2, 0.25) is 0 Å². The van der Waals surface area contributed by atoms with Crippen molar-refractivity contribution < 1.29 is 63.8 Å². The molecule has 13 nitrogen and oxygen atoms in total. The Morgan fingerprint density at radius 1 is 0.697 bits per heavy atom. The zero-order chi connectivity index (χ0) is 24.4. The van der Waals surface area contributed by atoms with Crippen LogP contribution in [0.25, 0.3) is 0 Å². The Bertz CT molecular complexity index is 609. The fraction of sp³-hybridized carbons (Fsp3) is 1.00. The molecule has 3 fully saturated rings. The highest BCUT2D eigenvalue weighted by molar-refractivity contribution is 4.94. The average Bonchev–Trinajstić information content (AvgIpc) is 2.78. The van der Waals surface area contributed by atoms with E-state index in [0.29, 0.717) is 0 Å². The van der Waals surface area contributed by atoms with Gasteiger partial charge in [0.25, 0.3) is 0 Å². The van der Waals surface area contributed by atoms with Gasteiger partial charge in [-0.3, -0.25) is 0 Å². The van der Waals surface area contributed by atoms with Crippen LogP contribution in [0.5, 0.6) is 0 Å². The molecule has 0 spiro atoms. The van der Waals surface area contributed by atoms with Gasteiger partial charge in [-0.2, -0.15) is 0 Å². The Kier molecular flexibility index (Phi) is 9.42. The quantitative estimate of drug-likeness (QED) is 0.213. The van der Waals surface area contributed by atoms with Crippen LogP contribution in [-0.4, -0.2) is 137 Å². The first kappa shape index (κ1) is 27.1. The normalized spacial score (nSPS) is 51.5. The highest BCUT2D eigenvalue weighted by Crippen LogP contribution is 2.33. The van der Waals surface area contributed by atoms with E-state index in [0.717, 1.165) is 0 Å². The molecule has 0 aromatic carbocycles. The summed E-state index contributed by atoms with van der Waals surface area (Å²) in [6.45, 7) is 2.74. The van der Waals surface area contributed by atoms with Crippen LogP contribution in [0.4, 0.5) is 0 Å². The Morgan fingerprint density at radius 3 is 1.91 bits per heavy atom. The second kappa shape index (κ2) is 11.5. The molecule has 0 aliphatic carbocycles. The summed E-state index contributed by atoms with van der Waals surface area (Å²) in [5.41, 5.74) is 0. The smallest absolute Gasteiger partial charge is 0.187 e. The van der Waals surface area contributed by atoms with Gasteiger partial charge < -0.3 is 63.8 Å². The average molecular weight is 484 g/mol. The van der Waals surface area contributed by atoms with E-state index >= 15 is 0 Å². The van der Waals surface area contributed by atoms with E-state index in [9.17, 15) is 30.6 Å². The first-order valence-electron chi connectivity index (χ1n) is 11.0. The van der Waals surface area contributed by atoms with Crippen LogP contribution in [0.3, 0.4) is 0 Å². The standard InChI is InChI=1S/C20H36O13/c1-7-16(9(27-3)5-11(22)29-7)32-20-15(26)18(28-4)17(8(2)30-20)33-19-14(25)13(24)12(23)10(6-21)31-19/h7-26H,5-6H2,1-4H3/t7-,8-,9-,10-,11+,12-,13+,14-,15-,16-,17-,18-,19+,20+/m1/s1. The molecule has 13 heteroatoms. The Labute approximate surface area is 191 Å². The van der Waals surface area contributed by atoms with E-state index in [1.807, 2.05) is 0 Å². The summed E-state index contributed by atoms with van der Waals surface area (Å²) in [4.78, 5) is 0. The lowest BCUT2D eigenvalue weighted by Crippen LogP contribution is -2.65. The SMILES string of the molecule is CO[C@@H]1[C@@H](O)[C@H](O[C@@H]2[C@@H](C)O[C@H](O)C[C@H]2OC)O[C@H](C)[C@H]1O[C@@H]1O[C@H](CO)[C@@H](O)[C@H](O)[C@H]1O. The minimum atomic E-state index is -1.62. The first-order chi connectivity index (χ1) is 15.6. The maximum absolute atomic E-state index is 10.9. The zero-order valence-electron chi connectivity index (χ0n) is 19.0. The van der Waals surface area contributed by atoms with Crippen molar-refractivity contribution in [2.24, 2.45) is 0 Å². The van der Waals surface area contributed by atoms with Gasteiger partial charge in [0, 0.05) is 20.6 Å². The van der Waals surface area contributed by atoms with Crippen LogP contribution in [0.2, 0.25) is 0 Å². The van der Waals surface area contributed by atoms with Crippen molar-refractivity contribution >= 4 is 0 Å². The van der Waals surface area contributed by atoms with Gasteiger partial charge in [0.1, 0.15) is 48.8 Å². The van der Waals surface area contributed by atoms with Crippen molar-refractivity contribution in [3.05, 3.63) is 0 Å². The number of rotatable bonds is 7. The molecule has 0 amide bonds. The van der Waals surface area contributed by atoms with Crippen molar-refractivity contribution in [3.63, 3.8) is 0 Å². The van der Waals surface area contributed by atoms with E-state index in [4.69, 9.17) is 33.2 Å². The van der Waals surface area contributed by atoms with Crippen LogP contribution in [0.15, 0.2) is 0 Å². The van der Waals surface area contributed by atoms with Gasteiger partial charge in [-0.15, -0.1) is 0 Å². The lowest BCUT2D eigenvalue weighted by molar-refractivity contribution is -0.369. The van der Waals surface area contributed by atoms with Gasteiger partial charge in [-0.1, -0.05) is 0 Å². The maximum Gasteiger partial charge on any atom is 0.187 e. The topological polar surface area (TPSA) is 186 Å². The fourth-order valence-electron chi connectivity index (χ4n) is 4.49. The minimum Gasteiger partial charge on any atom is -0.394 e. The largest absolute Gasteiger partial charge is 0.394 e. The second-order valence-electron chi connectivity index (χ2n) is 8.60. The Morgan fingerprint density at radius 2 is 1.30 bits per heavy atom. The number of hydrogen-bond acceptors (Lipinski definition) is 13. The molecule has 3 aliphatic rings. The van der Waals surface area contributed by atoms with Gasteiger partial charge >= 0.3 is 0 Å². The monoisotopic (exact) mass is 484 g/mol. The second-order valence-corrected chi connectivity index (χ2v) is 8.60. The Balaban J connectivity index is 1.70. The lowest BCUT2D eigenvalue weighted by Gasteiger charge is -2.48. The highest BCUT2D eigenvalue weighted by Gasteiger charge is 2.51. The summed E-state index contributed by atoms with van der Waals surface area (Å²) < 4.78 is 39.3. The molecule has 0 unspecified atom stereocenters. The number of hydrogen-bond donors (Lipinski definition) is 6. The summed E-state index contributed by atoms with van der Waals surface area (Å²) >= 11 is 0. The van der Waals surface area contributed by atoms with Crippen LogP contribution >= 0.6 is 0 Å². The third kappa shape index (κ3) is 5.67. The van der Waals surface area contributed by atoms with Crippen LogP contribution < -0.4 is 0 Å². The van der Waals surface area contributed by atoms with Crippen LogP contribution in [0, 0.1) is 0 Å². The molecule has 0 saturated carbocycles. The molecule has 3 saturated heterocycles. The molecule has 14 atom stereocenters. The molecule has 0 radical (unpaired) electrons. The summed E-state index contributed by atoms with van der Waals surface area (Å²) in [7, 11) is 2.84. The molecular formula is C20H36O13. The van der Waals surface area contributed by atoms with E-state index in [1.54, 1.807) is 13.8 Å². The summed E-state index contributed by atoms with van der Waals surface area (Å²) in [5, 5.41) is 60.3. The Hall–Kier alpha value is -0.520. The summed E-state index contributed by atoms with van der Waals surface area (Å²) in [5.74, 6) is 0. The van der Waals surface area contributed by atoms with Gasteiger partial charge in [0.05, 0.1) is 24.9 Å². The predicted octanol–water partition coefficient (Wildman–Crippen LogP) is -3.18. The molecule has 194 valence electrons. The molecule has 3 heterocycles. The number of aliphatic hydroxyl groups is 6. The van der Waals surface area contributed by atoms with Gasteiger partial charge in [-0.05, 0) is 13.8 Å². The number of ether oxygens (including phenoxy) is 7. The van der Waals surface area contributed by atoms with E-state index in [1.165, 1.54) is 14.2 Å². The highest BCUT2D eigenvalue weighted by atomic mass is 16.8. The van der Waals surface area contributed by atoms with Crippen LogP contribution in [0.1, 0.15) is 20.3 Å². The van der Waals surface area contributed by atoms with Crippen molar-refractivity contribution in [1.29, 1.82) is 0 Å². The van der Waals surface area contributed by atoms with Crippen LogP contribution in [-0.2, 0) is 33.2 Å². The van der Waals surface area contributed by atoms with Crippen molar-refractivity contribution in [1.82, 2.24) is 0 Å². The molecule has 3 aliphatic heterocycles. The van der Waals surface area contributed by atoms with Crippen molar-refractivity contribution in [3.8, 4) is 0 Å². The molecule has 0 bridgehead atoms. The maximum atomic E-state index is 10.9. The minimum absolute atomic E-state index is 0.181. The number of methoxy groups -OCH3 is 2. The molecule has 0 aromatic heterocycles. The predicted molar refractivity (Wildman–Crippen MR) is 107 cm³/mol. The molecular weight excluding hydrogens is 448 g/mol. The zero-order valence-corrected chi connectivity index (χ0v) is 19.0. The first-order valence-corrected chi connectivity index (χ1v) is 11.0. The molecule has 33 heavy (non-hydrogen) atoms. The van der Waals surface area contributed by atoms with Gasteiger partial charge in [-0.25, -0.2) is 0 Å². The van der Waals surface area contributed by atoms with Crippen molar-refractivity contribution in [2.75, 3.05) is 20.8 Å². The van der Waals surface area contributed by atoms with Crippen molar-refractivity contribution in [2.45, 2.75) is 106 Å².